The molecule has 23 heavy (non-hydrogen) atoms. The van der Waals surface area contributed by atoms with Crippen LogP contribution in [0.15, 0.2) is 24.3 Å². The Morgan fingerprint density at radius 3 is 2.52 bits per heavy atom. The van der Waals surface area contributed by atoms with Gasteiger partial charge >= 0.3 is 11.9 Å². The van der Waals surface area contributed by atoms with Gasteiger partial charge in [0.25, 0.3) is 5.91 Å². The molecule has 0 radical (unpaired) electrons. The standard InChI is InChI=1S/C15H18N2O6/c1-3-23-13(19)8-12(15(21)22)17-14(20)10-5-4-6-11(7-10)16-9(2)18/h4-7,12H,3,8H2,1-2H3,(H,16,18)(H,17,20)(H,21,22)/t12-/m0/s1. The molecule has 2 amide bonds. The van der Waals surface area contributed by atoms with Crippen molar-refractivity contribution in [1.29, 1.82) is 0 Å². The quantitative estimate of drug-likeness (QED) is 0.638. The number of anilines is 1. The molecular formula is C15H18N2O6. The third-order valence-corrected chi connectivity index (χ3v) is 2.72. The number of carboxylic acids is 1. The molecule has 1 atom stereocenters. The van der Waals surface area contributed by atoms with Gasteiger partial charge in [-0.25, -0.2) is 4.79 Å². The molecule has 0 aliphatic heterocycles. The Bertz CT molecular complexity index is 614. The van der Waals surface area contributed by atoms with Gasteiger partial charge in [-0.05, 0) is 25.1 Å². The van der Waals surface area contributed by atoms with Crippen LogP contribution in [0.4, 0.5) is 5.69 Å². The van der Waals surface area contributed by atoms with Crippen LogP contribution >= 0.6 is 0 Å². The van der Waals surface area contributed by atoms with Crippen LogP contribution in [-0.4, -0.2) is 41.5 Å². The molecule has 1 aromatic rings. The lowest BCUT2D eigenvalue weighted by Gasteiger charge is -2.14. The van der Waals surface area contributed by atoms with E-state index >= 15 is 0 Å². The van der Waals surface area contributed by atoms with Gasteiger partial charge in [0.1, 0.15) is 6.04 Å². The zero-order chi connectivity index (χ0) is 17.4. The van der Waals surface area contributed by atoms with Crippen molar-refractivity contribution in [3.8, 4) is 0 Å². The van der Waals surface area contributed by atoms with Crippen molar-refractivity contribution in [3.63, 3.8) is 0 Å². The lowest BCUT2D eigenvalue weighted by atomic mass is 10.1. The van der Waals surface area contributed by atoms with E-state index < -0.39 is 30.3 Å². The van der Waals surface area contributed by atoms with Crippen LogP contribution in [0.2, 0.25) is 0 Å². The van der Waals surface area contributed by atoms with E-state index in [1.165, 1.54) is 19.1 Å². The first-order valence-electron chi connectivity index (χ1n) is 6.90. The zero-order valence-electron chi connectivity index (χ0n) is 12.8. The molecule has 0 heterocycles. The minimum Gasteiger partial charge on any atom is -0.480 e. The van der Waals surface area contributed by atoms with Gasteiger partial charge in [-0.15, -0.1) is 0 Å². The van der Waals surface area contributed by atoms with Gasteiger partial charge in [0, 0.05) is 18.2 Å². The van der Waals surface area contributed by atoms with Crippen LogP contribution < -0.4 is 10.6 Å². The van der Waals surface area contributed by atoms with Gasteiger partial charge in [-0.3, -0.25) is 14.4 Å². The molecule has 8 nitrogen and oxygen atoms in total. The summed E-state index contributed by atoms with van der Waals surface area (Å²) in [4.78, 5) is 45.6. The summed E-state index contributed by atoms with van der Waals surface area (Å²) >= 11 is 0. The Hall–Kier alpha value is -2.90. The predicted molar refractivity (Wildman–Crippen MR) is 80.9 cm³/mol. The van der Waals surface area contributed by atoms with Crippen LogP contribution in [-0.2, 0) is 19.1 Å². The van der Waals surface area contributed by atoms with E-state index in [1.807, 2.05) is 0 Å². The molecule has 0 saturated carbocycles. The second-order valence-electron chi connectivity index (χ2n) is 4.64. The van der Waals surface area contributed by atoms with Crippen molar-refractivity contribution in [2.75, 3.05) is 11.9 Å². The van der Waals surface area contributed by atoms with E-state index in [4.69, 9.17) is 5.11 Å². The second-order valence-corrected chi connectivity index (χ2v) is 4.64. The van der Waals surface area contributed by atoms with E-state index in [1.54, 1.807) is 19.1 Å². The molecule has 0 saturated heterocycles. The lowest BCUT2D eigenvalue weighted by Crippen LogP contribution is -2.42. The number of nitrogens with one attached hydrogen (secondary N) is 2. The summed E-state index contributed by atoms with van der Waals surface area (Å²) in [6.07, 6.45) is -0.472. The van der Waals surface area contributed by atoms with Crippen LogP contribution in [0.1, 0.15) is 30.6 Å². The maximum absolute atomic E-state index is 12.1. The van der Waals surface area contributed by atoms with E-state index in [0.717, 1.165) is 0 Å². The number of rotatable bonds is 7. The fourth-order valence-corrected chi connectivity index (χ4v) is 1.77. The summed E-state index contributed by atoms with van der Waals surface area (Å²) < 4.78 is 4.67. The highest BCUT2D eigenvalue weighted by molar-refractivity contribution is 5.99. The summed E-state index contributed by atoms with van der Waals surface area (Å²) in [6, 6.07) is 4.60. The SMILES string of the molecule is CCOC(=O)C[C@H](NC(=O)c1cccc(NC(C)=O)c1)C(=O)O. The van der Waals surface area contributed by atoms with Crippen molar-refractivity contribution in [2.45, 2.75) is 26.3 Å². The van der Waals surface area contributed by atoms with Crippen LogP contribution in [0.5, 0.6) is 0 Å². The van der Waals surface area contributed by atoms with E-state index in [0.29, 0.717) is 5.69 Å². The Kier molecular flexibility index (Phi) is 6.72. The number of carbonyl (C=O) groups is 4. The molecular weight excluding hydrogens is 304 g/mol. The number of esters is 1. The monoisotopic (exact) mass is 322 g/mol. The number of carboxylic acid groups (broad SMARTS) is 1. The molecule has 0 aliphatic carbocycles. The molecule has 0 spiro atoms. The number of hydrogen-bond acceptors (Lipinski definition) is 5. The topological polar surface area (TPSA) is 122 Å². The van der Waals surface area contributed by atoms with Gasteiger partial charge in [0.05, 0.1) is 13.0 Å². The number of ether oxygens (including phenoxy) is 1. The average molecular weight is 322 g/mol. The van der Waals surface area contributed by atoms with Gasteiger partial charge in [-0.1, -0.05) is 6.07 Å². The summed E-state index contributed by atoms with van der Waals surface area (Å²) in [5, 5.41) is 13.8. The summed E-state index contributed by atoms with van der Waals surface area (Å²) in [7, 11) is 0. The molecule has 1 aromatic carbocycles. The highest BCUT2D eigenvalue weighted by Gasteiger charge is 2.24. The second kappa shape index (κ2) is 8.52. The molecule has 0 unspecified atom stereocenters. The predicted octanol–water partition coefficient (Wildman–Crippen LogP) is 0.781. The Morgan fingerprint density at radius 2 is 1.96 bits per heavy atom. The van der Waals surface area contributed by atoms with Gasteiger partial charge in [0.15, 0.2) is 0 Å². The molecule has 0 bridgehead atoms. The summed E-state index contributed by atoms with van der Waals surface area (Å²) in [6.45, 7) is 3.05. The van der Waals surface area contributed by atoms with E-state index in [2.05, 4.69) is 15.4 Å². The molecule has 8 heteroatoms. The van der Waals surface area contributed by atoms with Crippen molar-refractivity contribution in [3.05, 3.63) is 29.8 Å². The number of amides is 2. The van der Waals surface area contributed by atoms with Crippen molar-refractivity contribution in [1.82, 2.24) is 5.32 Å². The highest BCUT2D eigenvalue weighted by Crippen LogP contribution is 2.11. The van der Waals surface area contributed by atoms with Gasteiger partial charge < -0.3 is 20.5 Å². The third-order valence-electron chi connectivity index (χ3n) is 2.72. The third kappa shape index (κ3) is 6.16. The number of benzene rings is 1. The Balaban J connectivity index is 2.80. The molecule has 0 aliphatic rings. The zero-order valence-corrected chi connectivity index (χ0v) is 12.8. The lowest BCUT2D eigenvalue weighted by molar-refractivity contribution is -0.149. The number of aliphatic carboxylic acids is 1. The fourth-order valence-electron chi connectivity index (χ4n) is 1.77. The first-order chi connectivity index (χ1) is 10.8. The van der Waals surface area contributed by atoms with E-state index in [-0.39, 0.29) is 18.1 Å². The van der Waals surface area contributed by atoms with Crippen molar-refractivity contribution < 1.29 is 29.0 Å². The van der Waals surface area contributed by atoms with Crippen LogP contribution in [0, 0.1) is 0 Å². The number of carbonyl (C=O) groups excluding carboxylic acids is 3. The molecule has 0 aromatic heterocycles. The average Bonchev–Trinajstić information content (AvgIpc) is 2.46. The van der Waals surface area contributed by atoms with Crippen LogP contribution in [0.3, 0.4) is 0 Å². The number of hydrogen-bond donors (Lipinski definition) is 3. The first-order valence-corrected chi connectivity index (χ1v) is 6.90. The molecule has 3 N–H and O–H groups in total. The smallest absolute Gasteiger partial charge is 0.326 e. The van der Waals surface area contributed by atoms with Crippen molar-refractivity contribution >= 4 is 29.4 Å². The van der Waals surface area contributed by atoms with Gasteiger partial charge in [0.2, 0.25) is 5.91 Å². The van der Waals surface area contributed by atoms with Crippen LogP contribution in [0.25, 0.3) is 0 Å². The summed E-state index contributed by atoms with van der Waals surface area (Å²) in [5.74, 6) is -3.03. The van der Waals surface area contributed by atoms with Crippen molar-refractivity contribution in [2.24, 2.45) is 0 Å². The normalized spacial score (nSPS) is 11.2. The first kappa shape index (κ1) is 18.1. The minimum absolute atomic E-state index is 0.123. The highest BCUT2D eigenvalue weighted by atomic mass is 16.5. The molecule has 124 valence electrons. The maximum atomic E-state index is 12.1. The van der Waals surface area contributed by atoms with E-state index in [9.17, 15) is 19.2 Å². The maximum Gasteiger partial charge on any atom is 0.326 e. The largest absolute Gasteiger partial charge is 0.480 e. The van der Waals surface area contributed by atoms with Gasteiger partial charge in [-0.2, -0.15) is 0 Å². The Morgan fingerprint density at radius 1 is 1.26 bits per heavy atom. The minimum atomic E-state index is -1.40. The summed E-state index contributed by atoms with van der Waals surface area (Å²) in [5.41, 5.74) is 0.564. The fraction of sp³-hybridized carbons (Fsp3) is 0.333. The molecule has 0 fully saturated rings. The molecule has 1 rings (SSSR count). The Labute approximate surface area is 132 Å².